The second-order valence-corrected chi connectivity index (χ2v) is 24.3. The van der Waals surface area contributed by atoms with Crippen LogP contribution >= 0.6 is 0 Å². The lowest BCUT2D eigenvalue weighted by molar-refractivity contribution is 0.793. The number of hydrogen-bond donors (Lipinski definition) is 0. The summed E-state index contributed by atoms with van der Waals surface area (Å²) < 4.78 is 2.46. The van der Waals surface area contributed by atoms with Crippen LogP contribution in [0.1, 0.15) is 22.3 Å². The van der Waals surface area contributed by atoms with Gasteiger partial charge in [-0.1, -0.05) is 279 Å². The van der Waals surface area contributed by atoms with Gasteiger partial charge in [0.1, 0.15) is 0 Å². The Morgan fingerprint density at radius 3 is 1.29 bits per heavy atom. The van der Waals surface area contributed by atoms with Crippen LogP contribution in [0.5, 0.6) is 0 Å². The predicted octanol–water partition coefficient (Wildman–Crippen LogP) is 23.8. The Kier molecular flexibility index (Phi) is 12.2. The maximum absolute atomic E-state index is 2.50. The Morgan fingerprint density at radius 2 is 0.626 bits per heavy atom. The smallest absolute Gasteiger partial charge is 0.0726 e. The van der Waals surface area contributed by atoms with Crippen LogP contribution < -0.4 is 4.90 Å². The van der Waals surface area contributed by atoms with E-state index in [1.807, 2.05) is 0 Å². The van der Waals surface area contributed by atoms with Crippen molar-refractivity contribution in [3.63, 3.8) is 0 Å². The minimum atomic E-state index is -0.464. The van der Waals surface area contributed by atoms with Gasteiger partial charge < -0.3 is 9.47 Å². The zero-order valence-corrected chi connectivity index (χ0v) is 49.9. The maximum atomic E-state index is 2.50. The fourth-order valence-electron chi connectivity index (χ4n) is 15.2. The first kappa shape index (κ1) is 52.3. The molecule has 0 atom stereocenters. The van der Waals surface area contributed by atoms with Gasteiger partial charge in [0.05, 0.1) is 22.1 Å². The average molecular weight is 1160 g/mol. The molecular formula is C89H58N2. The topological polar surface area (TPSA) is 8.17 Å². The summed E-state index contributed by atoms with van der Waals surface area (Å²) >= 11 is 0. The summed E-state index contributed by atoms with van der Waals surface area (Å²) in [6.07, 6.45) is 0. The van der Waals surface area contributed by atoms with E-state index in [1.54, 1.807) is 0 Å². The molecule has 0 saturated heterocycles. The van der Waals surface area contributed by atoms with Gasteiger partial charge in [0.15, 0.2) is 0 Å². The number of fused-ring (bicyclic) bond motifs is 14. The van der Waals surface area contributed by atoms with E-state index in [0.717, 1.165) is 50.5 Å². The van der Waals surface area contributed by atoms with Crippen molar-refractivity contribution in [2.45, 2.75) is 5.41 Å². The van der Waals surface area contributed by atoms with E-state index in [2.05, 4.69) is 361 Å². The Bertz CT molecular complexity index is 5450. The molecule has 1 spiro atoms. The van der Waals surface area contributed by atoms with Gasteiger partial charge in [0, 0.05) is 33.2 Å². The first-order valence-corrected chi connectivity index (χ1v) is 31.5. The number of rotatable bonds is 10. The molecule has 2 aliphatic carbocycles. The normalized spacial score (nSPS) is 12.5. The summed E-state index contributed by atoms with van der Waals surface area (Å²) in [5.74, 6) is 0. The van der Waals surface area contributed by atoms with Gasteiger partial charge in [-0.3, -0.25) is 0 Å². The molecule has 0 aliphatic heterocycles. The van der Waals surface area contributed by atoms with Gasteiger partial charge in [-0.25, -0.2) is 0 Å². The van der Waals surface area contributed by atoms with Crippen molar-refractivity contribution in [1.29, 1.82) is 0 Å². The zero-order chi connectivity index (χ0) is 60.0. The highest BCUT2D eigenvalue weighted by atomic mass is 15.1. The molecule has 0 saturated carbocycles. The van der Waals surface area contributed by atoms with Crippen LogP contribution in [0.4, 0.5) is 17.1 Å². The highest BCUT2D eigenvalue weighted by Gasteiger charge is 2.51. The van der Waals surface area contributed by atoms with Crippen LogP contribution in [0, 0.1) is 0 Å². The summed E-state index contributed by atoms with van der Waals surface area (Å²) in [7, 11) is 0. The predicted molar refractivity (Wildman–Crippen MR) is 382 cm³/mol. The summed E-state index contributed by atoms with van der Waals surface area (Å²) in [6, 6.07) is 130. The van der Waals surface area contributed by atoms with Gasteiger partial charge in [0.2, 0.25) is 0 Å². The minimum Gasteiger partial charge on any atom is -0.310 e. The van der Waals surface area contributed by atoms with E-state index in [4.69, 9.17) is 0 Å². The van der Waals surface area contributed by atoms with E-state index in [9.17, 15) is 0 Å². The number of anilines is 3. The second-order valence-electron chi connectivity index (χ2n) is 24.3. The molecule has 1 aromatic heterocycles. The molecule has 2 aliphatic rings. The summed E-state index contributed by atoms with van der Waals surface area (Å²) in [5.41, 5.74) is 31.0. The molecule has 16 aromatic rings. The molecule has 2 nitrogen and oxygen atoms in total. The van der Waals surface area contributed by atoms with Crippen LogP contribution in [0.15, 0.2) is 352 Å². The molecule has 0 fully saturated rings. The molecule has 15 aromatic carbocycles. The van der Waals surface area contributed by atoms with Crippen molar-refractivity contribution >= 4 is 49.6 Å². The van der Waals surface area contributed by atoms with Crippen molar-refractivity contribution < 1.29 is 0 Å². The van der Waals surface area contributed by atoms with Crippen LogP contribution in [0.2, 0.25) is 0 Å². The molecule has 0 radical (unpaired) electrons. The zero-order valence-electron chi connectivity index (χ0n) is 49.9. The molecule has 0 amide bonds. The lowest BCUT2D eigenvalue weighted by Gasteiger charge is -2.32. The van der Waals surface area contributed by atoms with Gasteiger partial charge in [-0.2, -0.15) is 0 Å². The van der Waals surface area contributed by atoms with Crippen molar-refractivity contribution in [3.05, 3.63) is 374 Å². The quantitative estimate of drug-likeness (QED) is 0.132. The van der Waals surface area contributed by atoms with Crippen LogP contribution in [0.3, 0.4) is 0 Å². The Morgan fingerprint density at radius 1 is 0.220 bits per heavy atom. The van der Waals surface area contributed by atoms with Gasteiger partial charge >= 0.3 is 0 Å². The molecule has 18 rings (SSSR count). The van der Waals surface area contributed by atoms with E-state index >= 15 is 0 Å². The summed E-state index contributed by atoms with van der Waals surface area (Å²) in [6.45, 7) is 0. The van der Waals surface area contributed by atoms with E-state index < -0.39 is 5.41 Å². The molecule has 1 heterocycles. The van der Waals surface area contributed by atoms with E-state index in [-0.39, 0.29) is 0 Å². The monoisotopic (exact) mass is 1150 g/mol. The minimum absolute atomic E-state index is 0.464. The SMILES string of the molecule is c1ccc(-c2ccc(-c3cc(-c4cccc(-c5ccccc5)c4)cc(-n4c5ccccc5c5cc(-c6ccc(-c7cccc(N(c8ccc9c(c8)C8(c%10ccccc%10-c%10ccccc%108)c8ccccc8-9)c8cccc9ccccc89)c7)cc6)ccc54)c3)cc2)cc1. The third-order valence-corrected chi connectivity index (χ3v) is 19.4. The first-order chi connectivity index (χ1) is 45.1. The van der Waals surface area contributed by atoms with E-state index in [1.165, 1.54) is 116 Å². The van der Waals surface area contributed by atoms with Crippen LogP contribution in [-0.2, 0) is 5.41 Å². The highest BCUT2D eigenvalue weighted by Crippen LogP contribution is 2.63. The third-order valence-electron chi connectivity index (χ3n) is 19.4. The van der Waals surface area contributed by atoms with Gasteiger partial charge in [-0.15, -0.1) is 0 Å². The Labute approximate surface area is 530 Å². The van der Waals surface area contributed by atoms with Crippen molar-refractivity contribution in [1.82, 2.24) is 4.57 Å². The number of nitrogens with zero attached hydrogens (tertiary/aromatic N) is 2. The standard InChI is InChI=1S/C89H58N2/c1-3-20-59(21-4-1)61-40-46-64(47-41-61)70-53-71(67-27-17-26-66(52-67)60-22-5-2-6-23-60)56-74(55-70)91-87-38-16-12-34-80(87)81-57-69(48-51-88(81)91)63-44-42-62(43-45-63)68-28-18-29-72(54-68)90(86-39-19-25-65-24-7-8-30-75(65)86)73-49-50-79-78-33-11-15-37-84(78)89(85(79)58-73)82-35-13-9-31-76(82)77-32-10-14-36-83(77)89/h1-58H. The number of benzene rings is 15. The van der Waals surface area contributed by atoms with Crippen molar-refractivity contribution in [2.24, 2.45) is 0 Å². The Balaban J connectivity index is 0.726. The molecular weight excluding hydrogens is 1100 g/mol. The maximum Gasteiger partial charge on any atom is 0.0726 e. The fraction of sp³-hybridized carbons (Fsp3) is 0.0112. The molecule has 424 valence electrons. The van der Waals surface area contributed by atoms with E-state index in [0.29, 0.717) is 0 Å². The molecule has 2 heteroatoms. The summed E-state index contributed by atoms with van der Waals surface area (Å²) in [5, 5.41) is 4.83. The van der Waals surface area contributed by atoms with Crippen LogP contribution in [-0.4, -0.2) is 4.57 Å². The number of hydrogen-bond acceptors (Lipinski definition) is 1. The highest BCUT2D eigenvalue weighted by molar-refractivity contribution is 6.11. The Hall–Kier alpha value is -11.8. The van der Waals surface area contributed by atoms with Crippen molar-refractivity contribution in [2.75, 3.05) is 4.90 Å². The first-order valence-electron chi connectivity index (χ1n) is 31.5. The van der Waals surface area contributed by atoms with Crippen LogP contribution in [0.25, 0.3) is 127 Å². The fourth-order valence-corrected chi connectivity index (χ4v) is 15.2. The number of para-hydroxylation sites is 1. The molecule has 0 unspecified atom stereocenters. The third kappa shape index (κ3) is 8.48. The molecule has 0 bridgehead atoms. The molecule has 0 N–H and O–H groups in total. The summed E-state index contributed by atoms with van der Waals surface area (Å²) in [4.78, 5) is 2.49. The average Bonchev–Trinajstić information content (AvgIpc) is 1.52. The lowest BCUT2D eigenvalue weighted by atomic mass is 9.70. The second kappa shape index (κ2) is 21.2. The number of aromatic nitrogens is 1. The van der Waals surface area contributed by atoms with Gasteiger partial charge in [0.25, 0.3) is 0 Å². The van der Waals surface area contributed by atoms with Gasteiger partial charge in [-0.05, 0) is 189 Å². The molecule has 91 heavy (non-hydrogen) atoms. The van der Waals surface area contributed by atoms with Crippen molar-refractivity contribution in [3.8, 4) is 94.7 Å². The largest absolute Gasteiger partial charge is 0.310 e. The lowest BCUT2D eigenvalue weighted by Crippen LogP contribution is -2.26.